The minimum Gasteiger partial charge on any atom is -0.494 e. The van der Waals surface area contributed by atoms with E-state index < -0.39 is 40.8 Å². The number of ether oxygens (including phenoxy) is 3. The molecule has 4 amide bonds. The van der Waals surface area contributed by atoms with Gasteiger partial charge in [0.1, 0.15) is 24.4 Å². The number of amides is 4. The second-order valence-electron chi connectivity index (χ2n) is 21.4. The maximum absolute atomic E-state index is 13.9. The molecule has 2 atom stereocenters. The van der Waals surface area contributed by atoms with E-state index in [1.54, 1.807) is 23.7 Å². The maximum Gasteiger partial charge on any atom is 0.251 e. The quantitative estimate of drug-likeness (QED) is 0.0337. The Bertz CT molecular complexity index is 2970. The Morgan fingerprint density at radius 1 is 0.823 bits per heavy atom. The number of ketones is 1. The summed E-state index contributed by atoms with van der Waals surface area (Å²) in [7, 11) is 2.12. The standard InChI is InChI=1S/C59H73N11O8S/c1-40-51(79-39-63-40)43-17-13-41(14-18-43)36-62-55(74)49-34-47(71)37-70(49)56(75)52(58(2,3)4)64-50(72)38-77-31-10-30-76-29-7-6-8-32-78-48-19-15-42(16-20-48)35-61-54(73)45-11-9-12-46(33-45)66-59(23-27-69(5)28-24-59)57-65-53(67-68-57)44-21-25-60-26-22-44/h9,11-22,25-26,33,39,49,52,66H,6-8,10,23-24,27-32,34-38H2,1-5H3,(H,61,73)(H,62,74)(H,64,72)(H,65,67,68)/t49-,52+/m0/s1. The van der Waals surface area contributed by atoms with Crippen LogP contribution >= 0.6 is 11.3 Å². The van der Waals surface area contributed by atoms with Crippen molar-refractivity contribution < 1.29 is 38.2 Å². The molecule has 19 nitrogen and oxygen atoms in total. The lowest BCUT2D eigenvalue weighted by molar-refractivity contribution is -0.144. The van der Waals surface area contributed by atoms with Gasteiger partial charge in [-0.2, -0.15) is 0 Å². The van der Waals surface area contributed by atoms with Gasteiger partial charge in [0.05, 0.1) is 34.8 Å². The molecule has 20 heteroatoms. The highest BCUT2D eigenvalue weighted by Crippen LogP contribution is 2.36. The minimum atomic E-state index is -0.988. The van der Waals surface area contributed by atoms with Gasteiger partial charge >= 0.3 is 0 Å². The summed E-state index contributed by atoms with van der Waals surface area (Å²) in [6.45, 7) is 11.3. The average molecular weight is 1100 g/mol. The van der Waals surface area contributed by atoms with Gasteiger partial charge in [0.2, 0.25) is 17.7 Å². The van der Waals surface area contributed by atoms with Gasteiger partial charge < -0.3 is 50.3 Å². The Kier molecular flexibility index (Phi) is 20.1. The average Bonchev–Trinajstić information content (AvgIpc) is 4.32. The Hall–Kier alpha value is -7.39. The molecule has 8 rings (SSSR count). The number of carbonyl (C=O) groups excluding carboxylic acids is 5. The van der Waals surface area contributed by atoms with Gasteiger partial charge in [-0.3, -0.25) is 29.0 Å². The highest BCUT2D eigenvalue weighted by atomic mass is 32.1. The van der Waals surface area contributed by atoms with E-state index in [1.807, 2.05) is 118 Å². The molecule has 0 spiro atoms. The predicted molar refractivity (Wildman–Crippen MR) is 302 cm³/mol. The van der Waals surface area contributed by atoms with Crippen LogP contribution in [0, 0.1) is 12.3 Å². The number of pyridine rings is 1. The van der Waals surface area contributed by atoms with Crippen molar-refractivity contribution in [2.24, 2.45) is 5.41 Å². The van der Waals surface area contributed by atoms with E-state index >= 15 is 0 Å². The van der Waals surface area contributed by atoms with Gasteiger partial charge in [-0.05, 0) is 117 Å². The molecular weight excluding hydrogens is 1020 g/mol. The highest BCUT2D eigenvalue weighted by Gasteiger charge is 2.45. The van der Waals surface area contributed by atoms with E-state index in [0.717, 1.165) is 95.3 Å². The number of unbranched alkanes of at least 4 members (excludes halogenated alkanes) is 2. The van der Waals surface area contributed by atoms with Crippen molar-refractivity contribution in [2.45, 2.75) is 103 Å². The van der Waals surface area contributed by atoms with Gasteiger partial charge in [-0.15, -0.1) is 21.5 Å². The van der Waals surface area contributed by atoms with Gasteiger partial charge in [-0.25, -0.2) is 4.98 Å². The van der Waals surface area contributed by atoms with Crippen LogP contribution in [-0.2, 0) is 47.3 Å². The zero-order valence-electron chi connectivity index (χ0n) is 45.8. The zero-order valence-corrected chi connectivity index (χ0v) is 46.7. The van der Waals surface area contributed by atoms with Gasteiger partial charge in [-0.1, -0.05) is 63.2 Å². The lowest BCUT2D eigenvalue weighted by atomic mass is 9.85. The number of nitrogens with one attached hydrogen (secondary N) is 5. The SMILES string of the molecule is Cc1ncsc1-c1ccc(CNC(=O)[C@@H]2CC(=O)CN2C(=O)[C@@H](NC(=O)COCCCOCCCCCOc2ccc(CNC(=O)c3cccc(NC4(c5nnc(-c6ccncc6)[nH]5)CCN(C)CC4)c3)cc2)C(C)(C)C)cc1. The number of aromatic amines is 1. The summed E-state index contributed by atoms with van der Waals surface area (Å²) in [4.78, 5) is 82.9. The molecule has 0 saturated carbocycles. The molecular formula is C59H73N11O8S. The van der Waals surface area contributed by atoms with E-state index in [-0.39, 0.29) is 37.8 Å². The van der Waals surface area contributed by atoms with Crippen LogP contribution < -0.4 is 26.0 Å². The number of aromatic nitrogens is 5. The monoisotopic (exact) mass is 1100 g/mol. The first-order valence-corrected chi connectivity index (χ1v) is 28.0. The molecule has 0 aliphatic carbocycles. The number of nitrogens with zero attached hydrogens (tertiary/aromatic N) is 6. The summed E-state index contributed by atoms with van der Waals surface area (Å²) in [5.74, 6) is 0.439. The first-order chi connectivity index (χ1) is 38.1. The molecule has 0 bridgehead atoms. The number of hydrogen-bond donors (Lipinski definition) is 5. The predicted octanol–water partition coefficient (Wildman–Crippen LogP) is 7.25. The van der Waals surface area contributed by atoms with Crippen LogP contribution in [0.5, 0.6) is 5.75 Å². The summed E-state index contributed by atoms with van der Waals surface area (Å²) >= 11 is 1.57. The number of H-pyrrole nitrogens is 1. The van der Waals surface area contributed by atoms with E-state index in [9.17, 15) is 24.0 Å². The zero-order chi connectivity index (χ0) is 55.8. The molecule has 3 aromatic carbocycles. The number of rotatable bonds is 26. The topological polar surface area (TPSA) is 235 Å². The number of likely N-dealkylation sites (tertiary alicyclic amines) is 2. The van der Waals surface area contributed by atoms with Crippen molar-refractivity contribution in [3.8, 4) is 27.6 Å². The Labute approximate surface area is 466 Å². The molecule has 2 aliphatic rings. The molecule has 6 aromatic rings. The summed E-state index contributed by atoms with van der Waals surface area (Å²) < 4.78 is 17.4. The van der Waals surface area contributed by atoms with Gasteiger partial charge in [0.25, 0.3) is 5.91 Å². The lowest BCUT2D eigenvalue weighted by Crippen LogP contribution is -2.58. The summed E-state index contributed by atoms with van der Waals surface area (Å²) in [5, 5.41) is 21.5. The van der Waals surface area contributed by atoms with E-state index in [2.05, 4.69) is 58.4 Å². The van der Waals surface area contributed by atoms with Crippen LogP contribution in [0.4, 0.5) is 5.69 Å². The third kappa shape index (κ3) is 16.1. The largest absolute Gasteiger partial charge is 0.494 e. The van der Waals surface area contributed by atoms with Crippen LogP contribution in [0.2, 0.25) is 0 Å². The summed E-state index contributed by atoms with van der Waals surface area (Å²) in [6.07, 6.45) is 8.25. The fourth-order valence-electron chi connectivity index (χ4n) is 9.58. The van der Waals surface area contributed by atoms with Crippen molar-refractivity contribution >= 4 is 46.4 Å². The van der Waals surface area contributed by atoms with Crippen molar-refractivity contribution in [3.05, 3.63) is 131 Å². The van der Waals surface area contributed by atoms with Crippen LogP contribution in [0.1, 0.15) is 98.7 Å². The first kappa shape index (κ1) is 57.8. The third-order valence-electron chi connectivity index (χ3n) is 14.2. The van der Waals surface area contributed by atoms with Crippen molar-refractivity contribution in [2.75, 3.05) is 65.0 Å². The van der Waals surface area contributed by atoms with E-state index in [4.69, 9.17) is 14.2 Å². The second kappa shape index (κ2) is 27.5. The number of carbonyl (C=O) groups is 5. The molecule has 79 heavy (non-hydrogen) atoms. The number of thiazole rings is 1. The number of anilines is 1. The first-order valence-electron chi connectivity index (χ1n) is 27.1. The van der Waals surface area contributed by atoms with Crippen molar-refractivity contribution in [1.82, 2.24) is 50.9 Å². The fourth-order valence-corrected chi connectivity index (χ4v) is 10.4. The molecule has 2 aliphatic heterocycles. The third-order valence-corrected chi connectivity index (χ3v) is 15.2. The van der Waals surface area contributed by atoms with Crippen LogP contribution in [0.3, 0.4) is 0 Å². The summed E-state index contributed by atoms with van der Waals surface area (Å²) in [6, 6.07) is 25.0. The fraction of sp³-hybridized carbons (Fsp3) is 0.441. The molecule has 2 saturated heterocycles. The molecule has 0 unspecified atom stereocenters. The van der Waals surface area contributed by atoms with Crippen LogP contribution in [-0.4, -0.2) is 136 Å². The summed E-state index contributed by atoms with van der Waals surface area (Å²) in [5.41, 5.74) is 6.73. The maximum atomic E-state index is 13.9. The van der Waals surface area contributed by atoms with Crippen LogP contribution in [0.25, 0.3) is 21.8 Å². The number of Topliss-reactive ketones (excluding diaryl/α,β-unsaturated/α-hetero) is 1. The van der Waals surface area contributed by atoms with Gasteiger partial charge in [0, 0.05) is 81.6 Å². The lowest BCUT2D eigenvalue weighted by Gasteiger charge is -2.40. The Morgan fingerprint density at radius 3 is 2.24 bits per heavy atom. The highest BCUT2D eigenvalue weighted by molar-refractivity contribution is 7.13. The Balaban J connectivity index is 0.672. The van der Waals surface area contributed by atoms with E-state index in [1.165, 1.54) is 4.90 Å². The molecule has 418 valence electrons. The number of piperidine rings is 1. The number of hydrogen-bond acceptors (Lipinski definition) is 15. The number of aryl methyl sites for hydroxylation is 1. The molecule has 5 heterocycles. The molecule has 5 N–H and O–H groups in total. The van der Waals surface area contributed by atoms with Crippen molar-refractivity contribution in [1.29, 1.82) is 0 Å². The van der Waals surface area contributed by atoms with Gasteiger partial charge in [0.15, 0.2) is 17.4 Å². The Morgan fingerprint density at radius 2 is 1.52 bits per heavy atom. The van der Waals surface area contributed by atoms with Crippen molar-refractivity contribution in [3.63, 3.8) is 0 Å². The molecule has 2 fully saturated rings. The number of benzene rings is 3. The normalized spacial score (nSPS) is 15.8. The van der Waals surface area contributed by atoms with E-state index in [0.29, 0.717) is 50.8 Å². The molecule has 0 radical (unpaired) electrons. The second-order valence-corrected chi connectivity index (χ2v) is 22.2. The minimum absolute atomic E-state index is 0.0895. The van der Waals surface area contributed by atoms with Crippen LogP contribution in [0.15, 0.2) is 103 Å². The smallest absolute Gasteiger partial charge is 0.251 e. The molecule has 3 aromatic heterocycles.